The molecule has 1 saturated heterocycles. The lowest BCUT2D eigenvalue weighted by atomic mass is 9.97. The smallest absolute Gasteiger partial charge is 0.426 e. The van der Waals surface area contributed by atoms with Crippen LogP contribution >= 0.6 is 7.82 Å². The van der Waals surface area contributed by atoms with Crippen molar-refractivity contribution in [2.45, 2.75) is 114 Å². The Labute approximate surface area is 370 Å². The molecule has 2 aromatic carbocycles. The minimum Gasteiger partial charge on any atom is -0.426 e. The van der Waals surface area contributed by atoms with Gasteiger partial charge in [0, 0.05) is 32.1 Å². The third-order valence-corrected chi connectivity index (χ3v) is 10.5. The van der Waals surface area contributed by atoms with Crippen molar-refractivity contribution in [3.05, 3.63) is 81.9 Å². The molecule has 63 heavy (non-hydrogen) atoms. The van der Waals surface area contributed by atoms with Gasteiger partial charge < -0.3 is 29.3 Å². The minimum atomic E-state index is -4.26. The summed E-state index contributed by atoms with van der Waals surface area (Å²) in [6.07, 6.45) is 0.492. The second kappa shape index (κ2) is 22.8. The molecule has 0 bridgehead atoms. The van der Waals surface area contributed by atoms with Crippen LogP contribution in [0.4, 0.5) is 5.82 Å². The van der Waals surface area contributed by atoms with Crippen molar-refractivity contribution in [3.8, 4) is 23.3 Å². The van der Waals surface area contributed by atoms with E-state index in [1.54, 1.807) is 96.4 Å². The van der Waals surface area contributed by atoms with Gasteiger partial charge in [-0.15, -0.1) is 0 Å². The number of phosphoric acid groups is 1. The Morgan fingerprint density at radius 3 is 1.86 bits per heavy atom. The van der Waals surface area contributed by atoms with Gasteiger partial charge in [-0.2, -0.15) is 4.98 Å². The Hall–Kier alpha value is -4.72. The number of esters is 2. The number of aliphatic imine (C=N–C) groups is 1. The van der Waals surface area contributed by atoms with E-state index in [0.29, 0.717) is 34.5 Å². The summed E-state index contributed by atoms with van der Waals surface area (Å²) in [4.78, 5) is 48.8. The van der Waals surface area contributed by atoms with Gasteiger partial charge in [0.05, 0.1) is 55.3 Å². The molecule has 2 heterocycles. The van der Waals surface area contributed by atoms with E-state index in [-0.39, 0.29) is 44.0 Å². The van der Waals surface area contributed by atoms with Crippen LogP contribution in [0.2, 0.25) is 0 Å². The summed E-state index contributed by atoms with van der Waals surface area (Å²) in [7, 11) is -4.26. The van der Waals surface area contributed by atoms with Gasteiger partial charge in [0.25, 0.3) is 0 Å². The summed E-state index contributed by atoms with van der Waals surface area (Å²) >= 11 is 0. The van der Waals surface area contributed by atoms with Crippen LogP contribution in [0.15, 0.2) is 64.5 Å². The Balaban J connectivity index is 1.55. The predicted octanol–water partition coefficient (Wildman–Crippen LogP) is 7.36. The highest BCUT2D eigenvalue weighted by molar-refractivity contribution is 7.48. The van der Waals surface area contributed by atoms with E-state index in [9.17, 15) is 29.2 Å². The van der Waals surface area contributed by atoms with Crippen molar-refractivity contribution >= 4 is 31.9 Å². The van der Waals surface area contributed by atoms with Crippen molar-refractivity contribution in [2.24, 2.45) is 27.7 Å². The van der Waals surface area contributed by atoms with E-state index < -0.39 is 61.3 Å². The molecule has 0 radical (unpaired) electrons. The number of hydrogen-bond acceptors (Lipinski definition) is 14. The minimum absolute atomic E-state index is 0.0404. The largest absolute Gasteiger partial charge is 0.475 e. The highest BCUT2D eigenvalue weighted by Crippen LogP contribution is 2.51. The lowest BCUT2D eigenvalue weighted by Crippen LogP contribution is -2.30. The van der Waals surface area contributed by atoms with Crippen molar-refractivity contribution in [3.63, 3.8) is 0 Å². The van der Waals surface area contributed by atoms with E-state index in [4.69, 9.17) is 27.8 Å². The van der Waals surface area contributed by atoms with Gasteiger partial charge in [-0.05, 0) is 88.8 Å². The van der Waals surface area contributed by atoms with Crippen LogP contribution < -0.4 is 15.2 Å². The lowest BCUT2D eigenvalue weighted by Gasteiger charge is -2.23. The number of rotatable bonds is 19. The maximum atomic E-state index is 14.1. The van der Waals surface area contributed by atoms with Crippen molar-refractivity contribution in [1.82, 2.24) is 14.5 Å². The molecular formula is C46H63N4O12P. The number of hydrogen-bond donors (Lipinski definition) is 2. The SMILES string of the molecule is CC(C)CN(C=Nc1nc(=O)n(C2CC(O)C(CO)O2)cc1C#CCCOP(=O)(OCc1ccc(OC(=O)C(C)(C)C)cc1)OCc1ccc(OC(=O)C(C)(C)C)cc1)CC(C)C. The molecule has 1 aliphatic heterocycles. The summed E-state index contributed by atoms with van der Waals surface area (Å²) < 4.78 is 49.3. The third-order valence-electron chi connectivity index (χ3n) is 9.14. The molecule has 0 spiro atoms. The number of aliphatic hydroxyl groups excluding tert-OH is 2. The molecule has 3 atom stereocenters. The number of carbonyl (C=O) groups excluding carboxylic acids is 2. The summed E-state index contributed by atoms with van der Waals surface area (Å²) in [6, 6.07) is 13.1. The van der Waals surface area contributed by atoms with Crippen LogP contribution in [-0.4, -0.2) is 81.5 Å². The molecule has 0 amide bonds. The van der Waals surface area contributed by atoms with Gasteiger partial charge in [-0.1, -0.05) is 63.8 Å². The zero-order valence-corrected chi connectivity index (χ0v) is 38.9. The van der Waals surface area contributed by atoms with Crippen LogP contribution in [0.3, 0.4) is 0 Å². The average molecular weight is 895 g/mol. The Morgan fingerprint density at radius 1 is 0.905 bits per heavy atom. The maximum Gasteiger partial charge on any atom is 0.475 e. The number of nitrogens with zero attached hydrogens (tertiary/aromatic N) is 4. The van der Waals surface area contributed by atoms with Crippen molar-refractivity contribution < 1.29 is 52.1 Å². The fourth-order valence-corrected chi connectivity index (χ4v) is 6.91. The number of ether oxygens (including phenoxy) is 3. The van der Waals surface area contributed by atoms with Gasteiger partial charge in [0.1, 0.15) is 23.8 Å². The molecule has 0 aliphatic carbocycles. The topological polar surface area (TPSA) is 198 Å². The van der Waals surface area contributed by atoms with Crippen molar-refractivity contribution in [2.75, 3.05) is 26.3 Å². The first-order chi connectivity index (χ1) is 29.5. The van der Waals surface area contributed by atoms with E-state index in [2.05, 4.69) is 54.4 Å². The molecule has 4 rings (SSSR count). The molecule has 17 heteroatoms. The molecule has 3 unspecified atom stereocenters. The molecule has 1 fully saturated rings. The fourth-order valence-electron chi connectivity index (χ4n) is 5.76. The number of aliphatic hydroxyl groups is 2. The Kier molecular flexibility index (Phi) is 18.4. The van der Waals surface area contributed by atoms with Gasteiger partial charge in [0.2, 0.25) is 0 Å². The zero-order valence-electron chi connectivity index (χ0n) is 38.0. The van der Waals surface area contributed by atoms with Crippen LogP contribution in [0, 0.1) is 34.5 Å². The van der Waals surface area contributed by atoms with Gasteiger partial charge in [-0.25, -0.2) is 14.4 Å². The van der Waals surface area contributed by atoms with E-state index >= 15 is 0 Å². The fraction of sp³-hybridized carbons (Fsp3) is 0.543. The number of aromatic nitrogens is 2. The Bertz CT molecular complexity index is 2090. The van der Waals surface area contributed by atoms with Gasteiger partial charge in [-0.3, -0.25) is 27.7 Å². The number of carbonyl (C=O) groups is 2. The Morgan fingerprint density at radius 2 is 1.41 bits per heavy atom. The first-order valence-electron chi connectivity index (χ1n) is 21.1. The normalized spacial score (nSPS) is 17.0. The second-order valence-electron chi connectivity index (χ2n) is 18.2. The van der Waals surface area contributed by atoms with Crippen LogP contribution in [0.25, 0.3) is 0 Å². The number of benzene rings is 2. The molecule has 0 saturated carbocycles. The maximum absolute atomic E-state index is 14.1. The summed E-state index contributed by atoms with van der Waals surface area (Å²) in [5, 5.41) is 20.0. The molecular weight excluding hydrogens is 831 g/mol. The molecule has 16 nitrogen and oxygen atoms in total. The van der Waals surface area contributed by atoms with E-state index in [0.717, 1.165) is 13.1 Å². The molecule has 1 aromatic heterocycles. The summed E-state index contributed by atoms with van der Waals surface area (Å²) in [6.45, 7) is 19.4. The van der Waals surface area contributed by atoms with Gasteiger partial charge in [0.15, 0.2) is 5.82 Å². The van der Waals surface area contributed by atoms with Crippen LogP contribution in [0.5, 0.6) is 11.5 Å². The van der Waals surface area contributed by atoms with E-state index in [1.807, 2.05) is 0 Å². The molecule has 1 aliphatic rings. The highest BCUT2D eigenvalue weighted by atomic mass is 31.2. The molecule has 2 N–H and O–H groups in total. The van der Waals surface area contributed by atoms with Crippen LogP contribution in [-0.2, 0) is 45.7 Å². The number of phosphoric ester groups is 1. The monoisotopic (exact) mass is 894 g/mol. The first-order valence-corrected chi connectivity index (χ1v) is 22.5. The van der Waals surface area contributed by atoms with Crippen LogP contribution in [0.1, 0.15) is 105 Å². The lowest BCUT2D eigenvalue weighted by molar-refractivity contribution is -0.143. The standard InChI is InChI=1S/C46H63N4O12P/c1-31(2)24-49(25-32(3)4)30-47-41-35(26-50(44(55)48-41)40-23-38(52)39(27-51)62-40)13-11-12-22-57-63(56,58-28-33-14-18-36(19-15-33)60-42(53)45(5,6)7)59-29-34-16-20-37(21-17-34)61-43(54)46(8,9)10/h14-21,26,30-32,38-40,51-52H,12,22-25,27-29H2,1-10H3. The van der Waals surface area contributed by atoms with Gasteiger partial charge >= 0.3 is 25.5 Å². The van der Waals surface area contributed by atoms with Crippen molar-refractivity contribution in [1.29, 1.82) is 0 Å². The highest BCUT2D eigenvalue weighted by Gasteiger charge is 2.35. The quantitative estimate of drug-likeness (QED) is 0.0230. The summed E-state index contributed by atoms with van der Waals surface area (Å²) in [5.74, 6) is 6.67. The first kappa shape index (κ1) is 50.9. The molecule has 3 aromatic rings. The molecule has 344 valence electrons. The van der Waals surface area contributed by atoms with E-state index in [1.165, 1.54) is 10.8 Å². The average Bonchev–Trinajstić information content (AvgIpc) is 3.58. The summed E-state index contributed by atoms with van der Waals surface area (Å²) in [5.41, 5.74) is -0.561. The third kappa shape index (κ3) is 16.4. The predicted molar refractivity (Wildman–Crippen MR) is 237 cm³/mol. The zero-order chi connectivity index (χ0) is 46.5. The second-order valence-corrected chi connectivity index (χ2v) is 19.9.